The summed E-state index contributed by atoms with van der Waals surface area (Å²) in [5.41, 5.74) is 1.02. The Morgan fingerprint density at radius 3 is 2.60 bits per heavy atom. The monoisotopic (exact) mass is 322 g/mol. The molecule has 0 fully saturated rings. The van der Waals surface area contributed by atoms with Crippen LogP contribution in [0.1, 0.15) is 12.5 Å². The molecule has 0 spiro atoms. The largest absolute Gasteiger partial charge is 0.362 e. The van der Waals surface area contributed by atoms with Gasteiger partial charge in [0.25, 0.3) is 0 Å². The minimum atomic E-state index is -0.0329. The molecule has 20 heavy (non-hydrogen) atoms. The van der Waals surface area contributed by atoms with E-state index in [0.717, 1.165) is 11.4 Å². The first-order chi connectivity index (χ1) is 8.56. The predicted molar refractivity (Wildman–Crippen MR) is 88.0 cm³/mol. The Balaban J connectivity index is 0. The molecule has 0 bridgehead atoms. The fraction of sp³-hybridized carbons (Fsp3) is 0.538. The highest BCUT2D eigenvalue weighted by Gasteiger charge is 2.12. The third-order valence-corrected chi connectivity index (χ3v) is 2.70. The minimum Gasteiger partial charge on any atom is -0.362 e. The molecule has 0 aliphatic carbocycles. The summed E-state index contributed by atoms with van der Waals surface area (Å²) in [6.45, 7) is 3.09. The number of hydrogen-bond donors (Lipinski definition) is 2. The third-order valence-electron chi connectivity index (χ3n) is 2.70. The molecule has 0 aliphatic rings. The van der Waals surface area contributed by atoms with E-state index in [9.17, 15) is 4.79 Å². The van der Waals surface area contributed by atoms with Gasteiger partial charge in [0.05, 0.1) is 0 Å². The van der Waals surface area contributed by atoms with E-state index in [2.05, 4.69) is 15.6 Å². The van der Waals surface area contributed by atoms with E-state index in [4.69, 9.17) is 0 Å². The number of aromatic nitrogens is 1. The highest BCUT2D eigenvalue weighted by Crippen LogP contribution is 2.13. The topological polar surface area (TPSA) is 57.3 Å². The van der Waals surface area contributed by atoms with Crippen LogP contribution in [0.3, 0.4) is 0 Å². The molecule has 116 valence electrons. The molecule has 0 saturated heterocycles. The highest BCUT2D eigenvalue weighted by molar-refractivity contribution is 5.85. The number of pyridine rings is 1. The first-order valence-corrected chi connectivity index (χ1v) is 6.09. The van der Waals surface area contributed by atoms with Crippen molar-refractivity contribution in [2.75, 3.05) is 32.6 Å². The first-order valence-electron chi connectivity index (χ1n) is 6.09. The summed E-state index contributed by atoms with van der Waals surface area (Å²) < 4.78 is 0. The Bertz CT molecular complexity index is 402. The lowest BCUT2D eigenvalue weighted by Crippen LogP contribution is -2.34. The summed E-state index contributed by atoms with van der Waals surface area (Å²) in [4.78, 5) is 18.0. The van der Waals surface area contributed by atoms with Crippen molar-refractivity contribution in [2.45, 2.75) is 13.5 Å². The van der Waals surface area contributed by atoms with Gasteiger partial charge in [0.1, 0.15) is 5.82 Å². The Morgan fingerprint density at radius 2 is 2.05 bits per heavy atom. The third kappa shape index (κ3) is 6.41. The average molecular weight is 323 g/mol. The summed E-state index contributed by atoms with van der Waals surface area (Å²) in [6.07, 6.45) is 1.75. The number of nitrogens with one attached hydrogen (secondary N) is 2. The Kier molecular flexibility index (Phi) is 11.4. The summed E-state index contributed by atoms with van der Waals surface area (Å²) in [7, 11) is 5.73. The molecule has 1 atom stereocenters. The molecule has 0 radical (unpaired) electrons. The van der Waals surface area contributed by atoms with Gasteiger partial charge in [0, 0.05) is 44.9 Å². The number of halogens is 2. The normalized spacial score (nSPS) is 10.8. The van der Waals surface area contributed by atoms with Crippen LogP contribution in [0.5, 0.6) is 0 Å². The van der Waals surface area contributed by atoms with Crippen LogP contribution in [-0.4, -0.2) is 38.6 Å². The number of amides is 1. The first kappa shape index (κ1) is 21.3. The van der Waals surface area contributed by atoms with Crippen molar-refractivity contribution in [2.24, 2.45) is 5.92 Å². The molecule has 0 aliphatic heterocycles. The summed E-state index contributed by atoms with van der Waals surface area (Å²) in [6, 6.07) is 3.86. The molecule has 2 N–H and O–H groups in total. The van der Waals surface area contributed by atoms with Gasteiger partial charge in [-0.2, -0.15) is 0 Å². The highest BCUT2D eigenvalue weighted by atomic mass is 35.5. The number of carbonyl (C=O) groups is 1. The predicted octanol–water partition coefficient (Wildman–Crippen LogP) is 1.46. The zero-order chi connectivity index (χ0) is 13.5. The smallest absolute Gasteiger partial charge is 0.224 e. The van der Waals surface area contributed by atoms with Crippen LogP contribution >= 0.6 is 24.8 Å². The molecule has 0 saturated carbocycles. The minimum absolute atomic E-state index is 0. The van der Waals surface area contributed by atoms with Gasteiger partial charge in [-0.15, -0.1) is 24.8 Å². The van der Waals surface area contributed by atoms with Gasteiger partial charge < -0.3 is 15.5 Å². The molecule has 1 heterocycles. The van der Waals surface area contributed by atoms with Crippen molar-refractivity contribution in [3.8, 4) is 0 Å². The van der Waals surface area contributed by atoms with Crippen LogP contribution in [0.2, 0.25) is 0 Å². The Morgan fingerprint density at radius 1 is 1.40 bits per heavy atom. The van der Waals surface area contributed by atoms with Crippen LogP contribution in [0.25, 0.3) is 0 Å². The van der Waals surface area contributed by atoms with Crippen LogP contribution in [0, 0.1) is 5.92 Å². The van der Waals surface area contributed by atoms with Crippen LogP contribution < -0.4 is 15.5 Å². The van der Waals surface area contributed by atoms with Gasteiger partial charge in [-0.1, -0.05) is 13.0 Å². The van der Waals surface area contributed by atoms with Crippen LogP contribution in [0.15, 0.2) is 18.3 Å². The van der Waals surface area contributed by atoms with Crippen LogP contribution in [0.4, 0.5) is 5.82 Å². The van der Waals surface area contributed by atoms with E-state index in [1.807, 2.05) is 45.1 Å². The maximum Gasteiger partial charge on any atom is 0.224 e. The number of anilines is 1. The summed E-state index contributed by atoms with van der Waals surface area (Å²) >= 11 is 0. The van der Waals surface area contributed by atoms with Gasteiger partial charge >= 0.3 is 0 Å². The standard InChI is InChI=1S/C13H22N4O.2ClH/c1-10(8-14-2)13(18)16-9-11-6-5-7-15-12(11)17(3)4;;/h5-7,10,14H,8-9H2,1-4H3,(H,16,18);2*1H. The molecule has 1 amide bonds. The van der Waals surface area contributed by atoms with E-state index in [1.54, 1.807) is 6.20 Å². The van der Waals surface area contributed by atoms with E-state index in [0.29, 0.717) is 13.1 Å². The second kappa shape index (κ2) is 10.7. The van der Waals surface area contributed by atoms with Gasteiger partial charge in [0.2, 0.25) is 5.91 Å². The fourth-order valence-electron chi connectivity index (χ4n) is 1.73. The Hall–Kier alpha value is -1.04. The van der Waals surface area contributed by atoms with Gasteiger partial charge in [-0.3, -0.25) is 4.79 Å². The van der Waals surface area contributed by atoms with E-state index in [-0.39, 0.29) is 36.6 Å². The summed E-state index contributed by atoms with van der Waals surface area (Å²) in [5, 5.41) is 5.93. The average Bonchev–Trinajstić information content (AvgIpc) is 2.36. The van der Waals surface area contributed by atoms with Crippen molar-refractivity contribution >= 4 is 36.5 Å². The number of nitrogens with zero attached hydrogens (tertiary/aromatic N) is 2. The molecule has 5 nitrogen and oxygen atoms in total. The van der Waals surface area contributed by atoms with E-state index >= 15 is 0 Å². The molecule has 0 aromatic carbocycles. The van der Waals surface area contributed by atoms with E-state index < -0.39 is 0 Å². The molecule has 1 unspecified atom stereocenters. The number of rotatable bonds is 6. The molecular weight excluding hydrogens is 299 g/mol. The van der Waals surface area contributed by atoms with Gasteiger partial charge in [0.15, 0.2) is 0 Å². The zero-order valence-electron chi connectivity index (χ0n) is 12.3. The second-order valence-corrected chi connectivity index (χ2v) is 4.56. The SMILES string of the molecule is CNCC(C)C(=O)NCc1cccnc1N(C)C.Cl.Cl. The zero-order valence-corrected chi connectivity index (χ0v) is 14.0. The molecule has 7 heteroatoms. The van der Waals surface area contributed by atoms with Crippen LogP contribution in [-0.2, 0) is 11.3 Å². The van der Waals surface area contributed by atoms with Crippen molar-refractivity contribution in [1.29, 1.82) is 0 Å². The van der Waals surface area contributed by atoms with Gasteiger partial charge in [-0.25, -0.2) is 4.98 Å². The second-order valence-electron chi connectivity index (χ2n) is 4.56. The lowest BCUT2D eigenvalue weighted by atomic mass is 10.1. The number of hydrogen-bond acceptors (Lipinski definition) is 4. The summed E-state index contributed by atoms with van der Waals surface area (Å²) in [5.74, 6) is 0.909. The van der Waals surface area contributed by atoms with Gasteiger partial charge in [-0.05, 0) is 13.1 Å². The lowest BCUT2D eigenvalue weighted by molar-refractivity contribution is -0.124. The molecular formula is C13H24Cl2N4O. The van der Waals surface area contributed by atoms with E-state index in [1.165, 1.54) is 0 Å². The molecule has 1 aromatic heterocycles. The lowest BCUT2D eigenvalue weighted by Gasteiger charge is -2.17. The fourth-order valence-corrected chi connectivity index (χ4v) is 1.73. The van der Waals surface area contributed by atoms with Crippen molar-refractivity contribution in [1.82, 2.24) is 15.6 Å². The Labute approximate surface area is 133 Å². The maximum atomic E-state index is 11.8. The number of carbonyl (C=O) groups excluding carboxylic acids is 1. The maximum absolute atomic E-state index is 11.8. The molecule has 1 rings (SSSR count). The quantitative estimate of drug-likeness (QED) is 0.832. The molecule has 1 aromatic rings. The van der Waals surface area contributed by atoms with Crippen molar-refractivity contribution < 1.29 is 4.79 Å². The van der Waals surface area contributed by atoms with Crippen molar-refractivity contribution in [3.05, 3.63) is 23.9 Å². The van der Waals surface area contributed by atoms with Crippen molar-refractivity contribution in [3.63, 3.8) is 0 Å².